The largest absolute Gasteiger partial charge is 0.369 e. The average Bonchev–Trinajstić information content (AvgIpc) is 2.43. The van der Waals surface area contributed by atoms with Gasteiger partial charge in [0, 0.05) is 29.8 Å². The van der Waals surface area contributed by atoms with E-state index in [2.05, 4.69) is 36.5 Å². The molecule has 0 spiro atoms. The van der Waals surface area contributed by atoms with Crippen molar-refractivity contribution in [2.24, 2.45) is 0 Å². The summed E-state index contributed by atoms with van der Waals surface area (Å²) in [5.41, 5.74) is 1.04. The van der Waals surface area contributed by atoms with E-state index in [4.69, 9.17) is 23.2 Å². The third-order valence-electron chi connectivity index (χ3n) is 2.67. The van der Waals surface area contributed by atoms with Gasteiger partial charge in [-0.1, -0.05) is 29.3 Å². The third kappa shape index (κ3) is 3.98. The van der Waals surface area contributed by atoms with Crippen LogP contribution in [0.2, 0.25) is 10.0 Å². The summed E-state index contributed by atoms with van der Waals surface area (Å²) >= 11 is 15.4. The summed E-state index contributed by atoms with van der Waals surface area (Å²) in [6.07, 6.45) is 2.48. The molecule has 0 saturated carbocycles. The maximum atomic E-state index is 6.13. The van der Waals surface area contributed by atoms with Crippen molar-refractivity contribution >= 4 is 50.9 Å². The van der Waals surface area contributed by atoms with E-state index in [9.17, 15) is 0 Å². The van der Waals surface area contributed by atoms with Crippen molar-refractivity contribution in [3.8, 4) is 0 Å². The lowest BCUT2D eigenvalue weighted by atomic mass is 10.1. The number of nitrogens with one attached hydrogen (secondary N) is 2. The number of hydrogen-bond acceptors (Lipinski definition) is 4. The molecule has 0 fully saturated rings. The van der Waals surface area contributed by atoms with Crippen molar-refractivity contribution in [1.82, 2.24) is 9.97 Å². The fourth-order valence-electron chi connectivity index (χ4n) is 1.65. The molecule has 106 valence electrons. The molecule has 2 aromatic rings. The summed E-state index contributed by atoms with van der Waals surface area (Å²) in [6, 6.07) is 5.51. The zero-order chi connectivity index (χ0) is 14.5. The minimum atomic E-state index is 0.570. The predicted octanol–water partition coefficient (Wildman–Crippen LogP) is 4.24. The first-order valence-corrected chi connectivity index (χ1v) is 7.53. The normalized spacial score (nSPS) is 10.4. The van der Waals surface area contributed by atoms with Crippen LogP contribution in [0.15, 0.2) is 28.9 Å². The number of halogens is 3. The number of hydrogen-bond donors (Lipinski definition) is 2. The average molecular weight is 376 g/mol. The van der Waals surface area contributed by atoms with Crippen LogP contribution in [0.3, 0.4) is 0 Å². The maximum absolute atomic E-state index is 6.13. The van der Waals surface area contributed by atoms with Crippen LogP contribution in [0.4, 0.5) is 11.8 Å². The Bertz CT molecular complexity index is 607. The van der Waals surface area contributed by atoms with Gasteiger partial charge in [0.2, 0.25) is 5.95 Å². The van der Waals surface area contributed by atoms with Crippen molar-refractivity contribution in [3.05, 3.63) is 44.5 Å². The molecule has 4 nitrogen and oxygen atoms in total. The monoisotopic (exact) mass is 374 g/mol. The second-order valence-electron chi connectivity index (χ2n) is 4.05. The Morgan fingerprint density at radius 3 is 2.80 bits per heavy atom. The van der Waals surface area contributed by atoms with Crippen molar-refractivity contribution in [1.29, 1.82) is 0 Å². The van der Waals surface area contributed by atoms with Gasteiger partial charge in [0.25, 0.3) is 0 Å². The first-order chi connectivity index (χ1) is 9.60. The van der Waals surface area contributed by atoms with Crippen molar-refractivity contribution < 1.29 is 0 Å². The second kappa shape index (κ2) is 7.11. The lowest BCUT2D eigenvalue weighted by Crippen LogP contribution is -2.09. The summed E-state index contributed by atoms with van der Waals surface area (Å²) in [7, 11) is 1.78. The summed E-state index contributed by atoms with van der Waals surface area (Å²) < 4.78 is 0.818. The molecule has 2 rings (SSSR count). The lowest BCUT2D eigenvalue weighted by molar-refractivity contribution is 0.996. The minimum absolute atomic E-state index is 0.570. The zero-order valence-corrected chi connectivity index (χ0v) is 13.8. The number of rotatable bonds is 5. The Morgan fingerprint density at radius 1 is 1.30 bits per heavy atom. The highest BCUT2D eigenvalue weighted by molar-refractivity contribution is 9.10. The molecule has 0 aliphatic carbocycles. The first kappa shape index (κ1) is 15.4. The molecule has 1 aromatic carbocycles. The fourth-order valence-corrected chi connectivity index (χ4v) is 2.49. The van der Waals surface area contributed by atoms with Gasteiger partial charge in [-0.15, -0.1) is 0 Å². The van der Waals surface area contributed by atoms with Gasteiger partial charge >= 0.3 is 0 Å². The van der Waals surface area contributed by atoms with E-state index >= 15 is 0 Å². The maximum Gasteiger partial charge on any atom is 0.224 e. The van der Waals surface area contributed by atoms with Gasteiger partial charge in [0.15, 0.2) is 0 Å². The first-order valence-electron chi connectivity index (χ1n) is 5.98. The molecule has 0 bridgehead atoms. The summed E-state index contributed by atoms with van der Waals surface area (Å²) in [4.78, 5) is 8.43. The van der Waals surface area contributed by atoms with E-state index < -0.39 is 0 Å². The van der Waals surface area contributed by atoms with E-state index in [1.165, 1.54) is 0 Å². The minimum Gasteiger partial charge on any atom is -0.369 e. The molecule has 0 aliphatic heterocycles. The van der Waals surface area contributed by atoms with Gasteiger partial charge in [0.05, 0.1) is 4.47 Å². The Kier molecular flexibility index (Phi) is 5.46. The molecule has 0 saturated heterocycles. The molecule has 7 heteroatoms. The predicted molar refractivity (Wildman–Crippen MR) is 87.9 cm³/mol. The molecule has 0 radical (unpaired) electrons. The molecule has 0 aliphatic rings. The van der Waals surface area contributed by atoms with Gasteiger partial charge < -0.3 is 10.6 Å². The summed E-state index contributed by atoms with van der Waals surface area (Å²) in [6.45, 7) is 0.708. The van der Waals surface area contributed by atoms with Crippen LogP contribution >= 0.6 is 39.1 Å². The van der Waals surface area contributed by atoms with E-state index in [1.54, 1.807) is 19.3 Å². The standard InChI is InChI=1S/C13H13BrCl2N4/c1-17-13-19-7-10(14)12(20-13)18-5-4-8-2-3-9(15)6-11(8)16/h2-3,6-7H,4-5H2,1H3,(H2,17,18,19,20). The van der Waals surface area contributed by atoms with Crippen molar-refractivity contribution in [2.75, 3.05) is 24.2 Å². The second-order valence-corrected chi connectivity index (χ2v) is 5.75. The molecular formula is C13H13BrCl2N4. The van der Waals surface area contributed by atoms with Crippen LogP contribution in [0.5, 0.6) is 0 Å². The topological polar surface area (TPSA) is 49.8 Å². The van der Waals surface area contributed by atoms with Crippen molar-refractivity contribution in [2.45, 2.75) is 6.42 Å². The molecule has 2 N–H and O–H groups in total. The van der Waals surface area contributed by atoms with Crippen LogP contribution in [-0.2, 0) is 6.42 Å². The number of nitrogens with zero attached hydrogens (tertiary/aromatic N) is 2. The quantitative estimate of drug-likeness (QED) is 0.820. The van der Waals surface area contributed by atoms with Gasteiger partial charge in [-0.3, -0.25) is 0 Å². The van der Waals surface area contributed by atoms with Crippen LogP contribution in [0.25, 0.3) is 0 Å². The molecule has 0 unspecified atom stereocenters. The zero-order valence-electron chi connectivity index (χ0n) is 10.8. The van der Waals surface area contributed by atoms with E-state index in [0.29, 0.717) is 22.5 Å². The smallest absolute Gasteiger partial charge is 0.224 e. The Morgan fingerprint density at radius 2 is 2.10 bits per heavy atom. The fraction of sp³-hybridized carbons (Fsp3) is 0.231. The number of aromatic nitrogens is 2. The SMILES string of the molecule is CNc1ncc(Br)c(NCCc2ccc(Cl)cc2Cl)n1. The van der Waals surface area contributed by atoms with Gasteiger partial charge in [0.1, 0.15) is 5.82 Å². The lowest BCUT2D eigenvalue weighted by Gasteiger charge is -2.09. The Hall–Kier alpha value is -1.04. The third-order valence-corrected chi connectivity index (χ3v) is 3.84. The Balaban J connectivity index is 1.99. The van der Waals surface area contributed by atoms with Gasteiger partial charge in [-0.2, -0.15) is 4.98 Å². The molecule has 20 heavy (non-hydrogen) atoms. The highest BCUT2D eigenvalue weighted by Crippen LogP contribution is 2.23. The van der Waals surface area contributed by atoms with Gasteiger partial charge in [-0.25, -0.2) is 4.98 Å². The van der Waals surface area contributed by atoms with Crippen LogP contribution in [-0.4, -0.2) is 23.6 Å². The highest BCUT2D eigenvalue weighted by Gasteiger charge is 2.05. The Labute approximate surface area is 136 Å². The summed E-state index contributed by atoms with van der Waals surface area (Å²) in [5.74, 6) is 1.31. The van der Waals surface area contributed by atoms with E-state index in [-0.39, 0.29) is 0 Å². The van der Waals surface area contributed by atoms with E-state index in [1.807, 2.05) is 12.1 Å². The van der Waals surface area contributed by atoms with Gasteiger partial charge in [-0.05, 0) is 40.0 Å². The molecule has 0 amide bonds. The molecular weight excluding hydrogens is 363 g/mol. The summed E-state index contributed by atoms with van der Waals surface area (Å²) in [5, 5.41) is 7.47. The molecule has 1 heterocycles. The number of benzene rings is 1. The highest BCUT2D eigenvalue weighted by atomic mass is 79.9. The molecule has 1 aromatic heterocycles. The number of anilines is 2. The van der Waals surface area contributed by atoms with E-state index in [0.717, 1.165) is 22.3 Å². The van der Waals surface area contributed by atoms with Crippen LogP contribution in [0.1, 0.15) is 5.56 Å². The van der Waals surface area contributed by atoms with Crippen LogP contribution in [0, 0.1) is 0 Å². The van der Waals surface area contributed by atoms with Crippen LogP contribution < -0.4 is 10.6 Å². The van der Waals surface area contributed by atoms with Crippen molar-refractivity contribution in [3.63, 3.8) is 0 Å². The molecule has 0 atom stereocenters.